The first-order chi connectivity index (χ1) is 37.5. The molecular weight excluding hydrogens is 1050 g/mol. The largest absolute Gasteiger partial charge is 0.489 e. The monoisotopic (exact) mass is 1090 g/mol. The molecule has 16 rings (SSSR count). The molecule has 0 unspecified atom stereocenters. The molecule has 0 atom stereocenters. The maximum absolute atomic E-state index is 9.31. The molecule has 10 aromatic carbocycles. The molecule has 0 aliphatic rings. The SMILES string of the molecule is Brc1cccc(-c2nnc3c4ccccc4c4ccccc4n23)c1.C.OB(O)c1cccc2c1sc1ccccc12.c1cc(-c2cccc3c2sc2ccccc23)cc(-c2nnc3c4ccccc4c4ccccc4n23)c1. The lowest BCUT2D eigenvalue weighted by Crippen LogP contribution is -2.29. The molecular formula is C65H44BBrN6O2S2. The first kappa shape index (κ1) is 48.1. The highest BCUT2D eigenvalue weighted by molar-refractivity contribution is 9.10. The topological polar surface area (TPSA) is 101 Å². The van der Waals surface area contributed by atoms with E-state index >= 15 is 0 Å². The highest BCUT2D eigenvalue weighted by atomic mass is 79.9. The Bertz CT molecular complexity index is 4930. The van der Waals surface area contributed by atoms with E-state index in [1.807, 2.05) is 59.9 Å². The molecule has 0 spiro atoms. The van der Waals surface area contributed by atoms with Crippen LogP contribution in [0.4, 0.5) is 0 Å². The standard InChI is InChI=1S/C32H19N3S.C20H12BrN3.C12H9BO2S.CH4/c1-2-14-27-23(11-1)24-12-3-5-17-28(24)35-31(33-34-32(27)35)21-10-7-9-20(19-21)22-15-8-16-26-25-13-4-6-18-29(25)36-30(22)26;21-14-7-5-6-13(12-14)19-22-23-20-17-10-2-1-8-15(17)16-9-3-4-11-18(16)24(19)20;14-13(15)10-6-3-5-9-8-4-1-2-7-11(8)16-12(9)10;/h1-19H;1-12H;1-7,14-15H;1H4. The van der Waals surface area contributed by atoms with Gasteiger partial charge in [-0.05, 0) is 75.2 Å². The van der Waals surface area contributed by atoms with Crippen LogP contribution in [0.5, 0.6) is 0 Å². The summed E-state index contributed by atoms with van der Waals surface area (Å²) in [5.41, 5.74) is 9.12. The summed E-state index contributed by atoms with van der Waals surface area (Å²) in [6.45, 7) is 0. The van der Waals surface area contributed by atoms with E-state index in [1.165, 1.54) is 62.9 Å². The van der Waals surface area contributed by atoms with Crippen molar-refractivity contribution in [1.82, 2.24) is 29.2 Å². The van der Waals surface area contributed by atoms with Crippen molar-refractivity contribution in [3.63, 3.8) is 0 Å². The average molecular weight is 1100 g/mol. The number of benzene rings is 10. The van der Waals surface area contributed by atoms with Crippen molar-refractivity contribution in [3.05, 3.63) is 235 Å². The van der Waals surface area contributed by atoms with Crippen molar-refractivity contribution in [2.75, 3.05) is 0 Å². The van der Waals surface area contributed by atoms with Gasteiger partial charge in [0.15, 0.2) is 22.9 Å². The van der Waals surface area contributed by atoms with Gasteiger partial charge in [-0.1, -0.05) is 211 Å². The Morgan fingerprint density at radius 1 is 0.364 bits per heavy atom. The van der Waals surface area contributed by atoms with Gasteiger partial charge in [0, 0.05) is 72.1 Å². The van der Waals surface area contributed by atoms with Gasteiger partial charge in [0.05, 0.1) is 11.0 Å². The van der Waals surface area contributed by atoms with E-state index in [9.17, 15) is 10.0 Å². The van der Waals surface area contributed by atoms with Crippen LogP contribution in [-0.2, 0) is 0 Å². The molecule has 2 N–H and O–H groups in total. The number of pyridine rings is 2. The van der Waals surface area contributed by atoms with E-state index in [0.717, 1.165) is 70.4 Å². The van der Waals surface area contributed by atoms with E-state index in [2.05, 4.69) is 216 Å². The lowest BCUT2D eigenvalue weighted by molar-refractivity contribution is 0.426. The zero-order chi connectivity index (χ0) is 50.9. The van der Waals surface area contributed by atoms with Crippen LogP contribution in [0.1, 0.15) is 7.43 Å². The number of halogens is 1. The van der Waals surface area contributed by atoms with E-state index in [0.29, 0.717) is 5.46 Å². The van der Waals surface area contributed by atoms with Crippen molar-refractivity contribution in [1.29, 1.82) is 0 Å². The summed E-state index contributed by atoms with van der Waals surface area (Å²) in [6, 6.07) is 79.6. The fourth-order valence-electron chi connectivity index (χ4n) is 10.8. The van der Waals surface area contributed by atoms with Crippen LogP contribution >= 0.6 is 38.6 Å². The van der Waals surface area contributed by atoms with Gasteiger partial charge >= 0.3 is 7.12 Å². The maximum Gasteiger partial charge on any atom is 0.489 e. The second-order valence-electron chi connectivity index (χ2n) is 18.6. The molecule has 368 valence electrons. The Morgan fingerprint density at radius 3 is 1.34 bits per heavy atom. The van der Waals surface area contributed by atoms with Crippen LogP contribution in [0.25, 0.3) is 129 Å². The Morgan fingerprint density at radius 2 is 0.779 bits per heavy atom. The van der Waals surface area contributed by atoms with Gasteiger partial charge < -0.3 is 10.0 Å². The van der Waals surface area contributed by atoms with Crippen LogP contribution in [0.3, 0.4) is 0 Å². The molecule has 0 fully saturated rings. The van der Waals surface area contributed by atoms with E-state index in [4.69, 9.17) is 5.10 Å². The third kappa shape index (κ3) is 8.20. The van der Waals surface area contributed by atoms with Gasteiger partial charge in [0.25, 0.3) is 0 Å². The van der Waals surface area contributed by atoms with Crippen molar-refractivity contribution in [3.8, 4) is 33.9 Å². The smallest absolute Gasteiger partial charge is 0.423 e. The molecule has 0 radical (unpaired) electrons. The minimum atomic E-state index is -1.41. The molecule has 77 heavy (non-hydrogen) atoms. The summed E-state index contributed by atoms with van der Waals surface area (Å²) in [5.74, 6) is 1.71. The number of hydrogen-bond donors (Lipinski definition) is 2. The van der Waals surface area contributed by atoms with Gasteiger partial charge in [0.1, 0.15) is 0 Å². The van der Waals surface area contributed by atoms with Gasteiger partial charge in [0.2, 0.25) is 0 Å². The van der Waals surface area contributed by atoms with Crippen molar-refractivity contribution < 1.29 is 10.0 Å². The molecule has 16 aromatic rings. The molecule has 0 bridgehead atoms. The van der Waals surface area contributed by atoms with Crippen LogP contribution in [0, 0.1) is 0 Å². The summed E-state index contributed by atoms with van der Waals surface area (Å²) in [4.78, 5) is 0. The Balaban J connectivity index is 0.000000119. The quantitative estimate of drug-likeness (QED) is 0.135. The van der Waals surface area contributed by atoms with E-state index < -0.39 is 7.12 Å². The molecule has 0 saturated heterocycles. The molecule has 0 amide bonds. The number of para-hydroxylation sites is 2. The van der Waals surface area contributed by atoms with E-state index in [-0.39, 0.29) is 7.43 Å². The second kappa shape index (κ2) is 19.8. The van der Waals surface area contributed by atoms with Crippen LogP contribution in [0.15, 0.2) is 235 Å². The third-order valence-corrected chi connectivity index (χ3v) is 17.1. The number of aromatic nitrogens is 6. The lowest BCUT2D eigenvalue weighted by Gasteiger charge is -2.10. The fourth-order valence-corrected chi connectivity index (χ4v) is 13.6. The van der Waals surface area contributed by atoms with Gasteiger partial charge in [-0.25, -0.2) is 0 Å². The van der Waals surface area contributed by atoms with Crippen LogP contribution in [0.2, 0.25) is 0 Å². The lowest BCUT2D eigenvalue weighted by atomic mass is 9.80. The van der Waals surface area contributed by atoms with Crippen LogP contribution in [-0.4, -0.2) is 46.4 Å². The highest BCUT2D eigenvalue weighted by Gasteiger charge is 2.20. The molecule has 0 aliphatic heterocycles. The minimum absolute atomic E-state index is 0. The predicted octanol–water partition coefficient (Wildman–Crippen LogP) is 16.6. The Kier molecular flexibility index (Phi) is 12.4. The average Bonchev–Trinajstić information content (AvgIpc) is 4.41. The minimum Gasteiger partial charge on any atom is -0.423 e. The number of nitrogens with zero attached hydrogens (tertiary/aromatic N) is 6. The molecule has 6 aromatic heterocycles. The number of rotatable bonds is 4. The second-order valence-corrected chi connectivity index (χ2v) is 21.6. The molecule has 0 saturated carbocycles. The maximum atomic E-state index is 9.31. The summed E-state index contributed by atoms with van der Waals surface area (Å²) in [7, 11) is -1.41. The summed E-state index contributed by atoms with van der Waals surface area (Å²) >= 11 is 7.00. The number of fused-ring (bicyclic) bond motifs is 18. The molecule has 8 nitrogen and oxygen atoms in total. The third-order valence-electron chi connectivity index (χ3n) is 14.2. The summed E-state index contributed by atoms with van der Waals surface area (Å²) in [6.07, 6.45) is 0. The zero-order valence-electron chi connectivity index (χ0n) is 40.3. The van der Waals surface area contributed by atoms with Crippen molar-refractivity contribution >= 4 is 146 Å². The van der Waals surface area contributed by atoms with E-state index in [1.54, 1.807) is 17.4 Å². The van der Waals surface area contributed by atoms with Crippen molar-refractivity contribution in [2.45, 2.75) is 7.43 Å². The molecule has 6 heterocycles. The first-order valence-corrected chi connectivity index (χ1v) is 27.2. The first-order valence-electron chi connectivity index (χ1n) is 24.8. The Labute approximate surface area is 458 Å². The zero-order valence-corrected chi connectivity index (χ0v) is 43.5. The summed E-state index contributed by atoms with van der Waals surface area (Å²) < 4.78 is 10.2. The van der Waals surface area contributed by atoms with Gasteiger partial charge in [-0.2, -0.15) is 0 Å². The predicted molar refractivity (Wildman–Crippen MR) is 329 cm³/mol. The highest BCUT2D eigenvalue weighted by Crippen LogP contribution is 2.41. The fraction of sp³-hybridized carbons (Fsp3) is 0.0154. The van der Waals surface area contributed by atoms with Crippen LogP contribution < -0.4 is 5.46 Å². The molecule has 12 heteroatoms. The number of thiophene rings is 2. The Hall–Kier alpha value is -8.62. The van der Waals surface area contributed by atoms with Gasteiger partial charge in [-0.3, -0.25) is 8.80 Å². The summed E-state index contributed by atoms with van der Waals surface area (Å²) in [5, 5.41) is 48.9. The van der Waals surface area contributed by atoms with Gasteiger partial charge in [-0.15, -0.1) is 43.1 Å². The molecule has 0 aliphatic carbocycles. The number of hydrogen-bond acceptors (Lipinski definition) is 8. The normalized spacial score (nSPS) is 11.5. The van der Waals surface area contributed by atoms with Crippen molar-refractivity contribution in [2.24, 2.45) is 0 Å².